The Kier molecular flexibility index (Phi) is 3.57. The highest BCUT2D eigenvalue weighted by molar-refractivity contribution is 5.40. The number of benzene rings is 1. The molecule has 1 aromatic heterocycles. The molecule has 0 radical (unpaired) electrons. The van der Waals surface area contributed by atoms with Crippen LogP contribution in [0.5, 0.6) is 5.88 Å². The standard InChI is InChI=1S/C14H17FN2O2/c1-8-5-10(7-11(15)6-8)13(18)12-9(2)16-17(3)14(12)19-4/h5-7,13,18H,1-4H3. The maximum absolute atomic E-state index is 13.4. The fraction of sp³-hybridized carbons (Fsp3) is 0.357. The second kappa shape index (κ2) is 5.01. The van der Waals surface area contributed by atoms with Crippen molar-refractivity contribution < 1.29 is 14.2 Å². The molecule has 0 fully saturated rings. The molecule has 1 heterocycles. The summed E-state index contributed by atoms with van der Waals surface area (Å²) in [4.78, 5) is 0. The van der Waals surface area contributed by atoms with Crippen molar-refractivity contribution in [2.45, 2.75) is 20.0 Å². The predicted octanol–water partition coefficient (Wildman–Crippen LogP) is 2.27. The molecule has 0 spiro atoms. The smallest absolute Gasteiger partial charge is 0.217 e. The normalized spacial score (nSPS) is 12.5. The van der Waals surface area contributed by atoms with Gasteiger partial charge in [0.2, 0.25) is 5.88 Å². The minimum atomic E-state index is -0.960. The number of aliphatic hydroxyl groups excluding tert-OH is 1. The zero-order valence-electron chi connectivity index (χ0n) is 11.4. The van der Waals surface area contributed by atoms with Crippen LogP contribution < -0.4 is 4.74 Å². The fourth-order valence-corrected chi connectivity index (χ4v) is 2.30. The van der Waals surface area contributed by atoms with Crippen LogP contribution in [0.4, 0.5) is 4.39 Å². The third kappa shape index (κ3) is 2.46. The van der Waals surface area contributed by atoms with Crippen LogP contribution in [0.2, 0.25) is 0 Å². The third-order valence-corrected chi connectivity index (χ3v) is 3.06. The lowest BCUT2D eigenvalue weighted by Crippen LogP contribution is -2.04. The van der Waals surface area contributed by atoms with Gasteiger partial charge in [0.25, 0.3) is 0 Å². The lowest BCUT2D eigenvalue weighted by Gasteiger charge is -2.13. The molecule has 0 saturated carbocycles. The van der Waals surface area contributed by atoms with Gasteiger partial charge in [0.1, 0.15) is 11.9 Å². The van der Waals surface area contributed by atoms with Crippen molar-refractivity contribution in [3.63, 3.8) is 0 Å². The van der Waals surface area contributed by atoms with Crippen molar-refractivity contribution in [3.8, 4) is 5.88 Å². The highest BCUT2D eigenvalue weighted by Crippen LogP contribution is 2.32. The summed E-state index contributed by atoms with van der Waals surface area (Å²) in [5, 5.41) is 14.7. The van der Waals surface area contributed by atoms with Crippen LogP contribution in [0.25, 0.3) is 0 Å². The van der Waals surface area contributed by atoms with E-state index in [1.54, 1.807) is 31.6 Å². The molecule has 0 amide bonds. The number of ether oxygens (including phenoxy) is 1. The molecule has 5 heteroatoms. The Hall–Kier alpha value is -1.88. The van der Waals surface area contributed by atoms with E-state index >= 15 is 0 Å². The lowest BCUT2D eigenvalue weighted by molar-refractivity contribution is 0.212. The third-order valence-electron chi connectivity index (χ3n) is 3.06. The van der Waals surface area contributed by atoms with Crippen molar-refractivity contribution in [3.05, 3.63) is 46.4 Å². The average Bonchev–Trinajstić information content (AvgIpc) is 2.61. The Morgan fingerprint density at radius 1 is 1.32 bits per heavy atom. The minimum Gasteiger partial charge on any atom is -0.481 e. The van der Waals surface area contributed by atoms with Gasteiger partial charge in [-0.15, -0.1) is 0 Å². The van der Waals surface area contributed by atoms with Gasteiger partial charge in [-0.2, -0.15) is 5.10 Å². The van der Waals surface area contributed by atoms with E-state index in [0.29, 0.717) is 22.7 Å². The molecule has 0 aliphatic carbocycles. The summed E-state index contributed by atoms with van der Waals surface area (Å²) in [7, 11) is 3.25. The lowest BCUT2D eigenvalue weighted by atomic mass is 10.00. The molecular formula is C14H17FN2O2. The van der Waals surface area contributed by atoms with E-state index in [-0.39, 0.29) is 5.82 Å². The van der Waals surface area contributed by atoms with Gasteiger partial charge in [0, 0.05) is 7.05 Å². The molecule has 2 rings (SSSR count). The van der Waals surface area contributed by atoms with Gasteiger partial charge < -0.3 is 9.84 Å². The van der Waals surface area contributed by atoms with E-state index < -0.39 is 6.10 Å². The Balaban J connectivity index is 2.52. The molecule has 1 N–H and O–H groups in total. The Morgan fingerprint density at radius 3 is 2.58 bits per heavy atom. The Morgan fingerprint density at radius 2 is 2.00 bits per heavy atom. The van der Waals surface area contributed by atoms with Crippen LogP contribution in [0.15, 0.2) is 18.2 Å². The monoisotopic (exact) mass is 264 g/mol. The number of nitrogens with zero attached hydrogens (tertiary/aromatic N) is 2. The summed E-state index contributed by atoms with van der Waals surface area (Å²) >= 11 is 0. The summed E-state index contributed by atoms with van der Waals surface area (Å²) in [5.41, 5.74) is 2.48. The molecule has 2 aromatic rings. The summed E-state index contributed by atoms with van der Waals surface area (Å²) in [6.07, 6.45) is -0.960. The van der Waals surface area contributed by atoms with Gasteiger partial charge in [-0.05, 0) is 37.1 Å². The molecular weight excluding hydrogens is 247 g/mol. The number of aryl methyl sites for hydroxylation is 3. The highest BCUT2D eigenvalue weighted by Gasteiger charge is 2.23. The summed E-state index contributed by atoms with van der Waals surface area (Å²) < 4.78 is 20.2. The van der Waals surface area contributed by atoms with Crippen LogP contribution in [0.1, 0.15) is 28.5 Å². The van der Waals surface area contributed by atoms with Crippen molar-refractivity contribution >= 4 is 0 Å². The Bertz CT molecular complexity index is 587. The van der Waals surface area contributed by atoms with Gasteiger partial charge in [0.05, 0.1) is 18.4 Å². The number of methoxy groups -OCH3 is 1. The molecule has 19 heavy (non-hydrogen) atoms. The summed E-state index contributed by atoms with van der Waals surface area (Å²) in [6, 6.07) is 4.49. The van der Waals surface area contributed by atoms with Crippen molar-refractivity contribution in [2.24, 2.45) is 7.05 Å². The van der Waals surface area contributed by atoms with Gasteiger partial charge in [-0.1, -0.05) is 6.07 Å². The molecule has 0 aliphatic rings. The number of aliphatic hydroxyl groups is 1. The number of hydrogen-bond donors (Lipinski definition) is 1. The quantitative estimate of drug-likeness (QED) is 0.925. The SMILES string of the molecule is COc1c(C(O)c2cc(C)cc(F)c2)c(C)nn1C. The van der Waals surface area contributed by atoms with Gasteiger partial charge in [-0.3, -0.25) is 0 Å². The molecule has 1 atom stereocenters. The topological polar surface area (TPSA) is 47.3 Å². The fourth-order valence-electron chi connectivity index (χ4n) is 2.30. The summed E-state index contributed by atoms with van der Waals surface area (Å²) in [6.45, 7) is 3.57. The van der Waals surface area contributed by atoms with Crippen molar-refractivity contribution in [2.75, 3.05) is 7.11 Å². The molecule has 1 unspecified atom stereocenters. The van der Waals surface area contributed by atoms with Crippen LogP contribution in [-0.4, -0.2) is 22.0 Å². The molecule has 0 saturated heterocycles. The second-order valence-corrected chi connectivity index (χ2v) is 4.60. The van der Waals surface area contributed by atoms with E-state index in [9.17, 15) is 9.50 Å². The van der Waals surface area contributed by atoms with Gasteiger partial charge >= 0.3 is 0 Å². The average molecular weight is 264 g/mol. The zero-order chi connectivity index (χ0) is 14.2. The molecule has 102 valence electrons. The minimum absolute atomic E-state index is 0.366. The highest BCUT2D eigenvalue weighted by atomic mass is 19.1. The van der Waals surface area contributed by atoms with Crippen molar-refractivity contribution in [1.29, 1.82) is 0 Å². The van der Waals surface area contributed by atoms with Crippen LogP contribution in [0, 0.1) is 19.7 Å². The van der Waals surface area contributed by atoms with Crippen molar-refractivity contribution in [1.82, 2.24) is 9.78 Å². The van der Waals surface area contributed by atoms with E-state index in [1.807, 2.05) is 0 Å². The maximum Gasteiger partial charge on any atom is 0.217 e. The second-order valence-electron chi connectivity index (χ2n) is 4.60. The first-order valence-electron chi connectivity index (χ1n) is 5.96. The van der Waals surface area contributed by atoms with Gasteiger partial charge in [-0.25, -0.2) is 9.07 Å². The van der Waals surface area contributed by atoms with E-state index in [1.165, 1.54) is 19.2 Å². The van der Waals surface area contributed by atoms with E-state index in [2.05, 4.69) is 5.10 Å². The van der Waals surface area contributed by atoms with Crippen LogP contribution >= 0.6 is 0 Å². The molecule has 1 aromatic carbocycles. The van der Waals surface area contributed by atoms with Crippen LogP contribution in [-0.2, 0) is 7.05 Å². The van der Waals surface area contributed by atoms with Gasteiger partial charge in [0.15, 0.2) is 0 Å². The largest absolute Gasteiger partial charge is 0.481 e. The molecule has 0 bridgehead atoms. The zero-order valence-corrected chi connectivity index (χ0v) is 11.4. The first kappa shape index (κ1) is 13.5. The number of aromatic nitrogens is 2. The van der Waals surface area contributed by atoms with E-state index in [0.717, 1.165) is 5.56 Å². The Labute approximate surface area is 111 Å². The molecule has 4 nitrogen and oxygen atoms in total. The maximum atomic E-state index is 13.4. The number of halogens is 1. The first-order chi connectivity index (χ1) is 8.93. The van der Waals surface area contributed by atoms with E-state index in [4.69, 9.17) is 4.74 Å². The van der Waals surface area contributed by atoms with Crippen LogP contribution in [0.3, 0.4) is 0 Å². The first-order valence-corrected chi connectivity index (χ1v) is 5.96. The predicted molar refractivity (Wildman–Crippen MR) is 69.7 cm³/mol. The summed E-state index contributed by atoms with van der Waals surface area (Å²) in [5.74, 6) is 0.112. The number of rotatable bonds is 3. The number of hydrogen-bond acceptors (Lipinski definition) is 3. The molecule has 0 aliphatic heterocycles.